The molecule has 0 spiro atoms. The highest BCUT2D eigenvalue weighted by Gasteiger charge is 2.28. The minimum absolute atomic E-state index is 0.134. The maximum Gasteiger partial charge on any atom is 0.243 e. The molecule has 0 fully saturated rings. The zero-order valence-electron chi connectivity index (χ0n) is 20.6. The summed E-state index contributed by atoms with van der Waals surface area (Å²) in [7, 11) is 0.896. The molecule has 8 heteroatoms. The fourth-order valence-corrected chi connectivity index (χ4v) is 5.18. The molecule has 0 saturated heterocycles. The van der Waals surface area contributed by atoms with Gasteiger partial charge in [0.1, 0.15) is 11.5 Å². The number of carbonyl (C=O) groups excluding carboxylic acids is 1. The number of hydrogen-bond acceptors (Lipinski definition) is 5. The van der Waals surface area contributed by atoms with Crippen molar-refractivity contribution < 1.29 is 22.7 Å². The van der Waals surface area contributed by atoms with Crippen LogP contribution in [-0.4, -0.2) is 57.9 Å². The van der Waals surface area contributed by atoms with Crippen LogP contribution < -0.4 is 9.47 Å². The van der Waals surface area contributed by atoms with Crippen LogP contribution in [0.5, 0.6) is 11.5 Å². The summed E-state index contributed by atoms with van der Waals surface area (Å²) in [5.74, 6) is 1.05. The van der Waals surface area contributed by atoms with Crippen molar-refractivity contribution in [1.82, 2.24) is 9.21 Å². The third-order valence-corrected chi connectivity index (χ3v) is 7.65. The lowest BCUT2D eigenvalue weighted by atomic mass is 10.1. The molecular weight excluding hydrogens is 464 g/mol. The quantitative estimate of drug-likeness (QED) is 0.402. The molecule has 0 N–H and O–H groups in total. The van der Waals surface area contributed by atoms with Gasteiger partial charge in [-0.2, -0.15) is 4.31 Å². The Hall–Kier alpha value is -3.36. The van der Waals surface area contributed by atoms with Gasteiger partial charge in [-0.1, -0.05) is 42.5 Å². The predicted octanol–water partition coefficient (Wildman–Crippen LogP) is 3.90. The first-order valence-electron chi connectivity index (χ1n) is 11.3. The second kappa shape index (κ2) is 11.9. The van der Waals surface area contributed by atoms with Gasteiger partial charge in [0.15, 0.2) is 0 Å². The molecule has 3 aromatic rings. The van der Waals surface area contributed by atoms with Crippen LogP contribution in [0.1, 0.15) is 16.7 Å². The van der Waals surface area contributed by atoms with E-state index < -0.39 is 10.0 Å². The highest BCUT2D eigenvalue weighted by atomic mass is 32.2. The van der Waals surface area contributed by atoms with Crippen molar-refractivity contribution in [3.05, 3.63) is 89.5 Å². The number of nitrogens with zero attached hydrogens (tertiary/aromatic N) is 2. The van der Waals surface area contributed by atoms with Gasteiger partial charge in [-0.25, -0.2) is 8.42 Å². The van der Waals surface area contributed by atoms with Crippen molar-refractivity contribution in [3.8, 4) is 11.5 Å². The predicted molar refractivity (Wildman–Crippen MR) is 136 cm³/mol. The number of carbonyl (C=O) groups is 1. The Morgan fingerprint density at radius 3 is 2.17 bits per heavy atom. The Labute approximate surface area is 207 Å². The topological polar surface area (TPSA) is 76.2 Å². The van der Waals surface area contributed by atoms with E-state index in [4.69, 9.17) is 9.47 Å². The maximum atomic E-state index is 13.6. The van der Waals surface area contributed by atoms with Crippen LogP contribution in [0.4, 0.5) is 0 Å². The summed E-state index contributed by atoms with van der Waals surface area (Å²) >= 11 is 0. The molecule has 0 aliphatic carbocycles. The van der Waals surface area contributed by atoms with Crippen molar-refractivity contribution in [2.75, 3.05) is 34.4 Å². The molecule has 0 atom stereocenters. The maximum absolute atomic E-state index is 13.6. The van der Waals surface area contributed by atoms with E-state index in [-0.39, 0.29) is 23.9 Å². The molecular formula is C27H32N2O5S. The van der Waals surface area contributed by atoms with Gasteiger partial charge in [-0.15, -0.1) is 0 Å². The summed E-state index contributed by atoms with van der Waals surface area (Å²) in [6.07, 6.45) is 0.491. The molecule has 3 rings (SSSR count). The van der Waals surface area contributed by atoms with E-state index in [1.165, 1.54) is 15.3 Å². The summed E-state index contributed by atoms with van der Waals surface area (Å²) in [4.78, 5) is 14.8. The second-order valence-corrected chi connectivity index (χ2v) is 10.2. The molecule has 35 heavy (non-hydrogen) atoms. The lowest BCUT2D eigenvalue weighted by molar-refractivity contribution is -0.130. The smallest absolute Gasteiger partial charge is 0.243 e. The van der Waals surface area contributed by atoms with Gasteiger partial charge in [-0.05, 0) is 60.4 Å². The standard InChI is InChI=1S/C27H32N2O5S/c1-21-18-25(14-15-26(21)34-4)35(31,32)29(17-16-22-8-6-5-7-9-22)20-27(30)28(2)19-23-10-12-24(33-3)13-11-23/h5-15,18H,16-17,19-20H2,1-4H3. The lowest BCUT2D eigenvalue weighted by Gasteiger charge is -2.25. The summed E-state index contributed by atoms with van der Waals surface area (Å²) in [6.45, 7) is 2.07. The van der Waals surface area contributed by atoms with Crippen LogP contribution in [0.25, 0.3) is 0 Å². The molecule has 0 unspecified atom stereocenters. The number of sulfonamides is 1. The van der Waals surface area contributed by atoms with Crippen molar-refractivity contribution in [2.24, 2.45) is 0 Å². The first-order valence-corrected chi connectivity index (χ1v) is 12.7. The molecule has 0 saturated carbocycles. The molecule has 0 aliphatic heterocycles. The molecule has 1 amide bonds. The minimum atomic E-state index is -3.92. The molecule has 3 aromatic carbocycles. The van der Waals surface area contributed by atoms with Crippen LogP contribution in [0.3, 0.4) is 0 Å². The van der Waals surface area contributed by atoms with Gasteiger partial charge in [0.2, 0.25) is 15.9 Å². The number of benzene rings is 3. The Bertz CT molecular complexity index is 1230. The van der Waals surface area contributed by atoms with Gasteiger partial charge in [0.05, 0.1) is 25.7 Å². The number of ether oxygens (including phenoxy) is 2. The van der Waals surface area contributed by atoms with Crippen LogP contribution in [-0.2, 0) is 27.8 Å². The zero-order chi connectivity index (χ0) is 25.4. The summed E-state index contributed by atoms with van der Waals surface area (Å²) < 4.78 is 38.9. The monoisotopic (exact) mass is 496 g/mol. The molecule has 7 nitrogen and oxygen atoms in total. The van der Waals surface area contributed by atoms with Crippen LogP contribution in [0.15, 0.2) is 77.7 Å². The number of rotatable bonds is 11. The second-order valence-electron chi connectivity index (χ2n) is 8.30. The summed E-state index contributed by atoms with van der Waals surface area (Å²) in [5.41, 5.74) is 2.63. The molecule has 0 heterocycles. The number of likely N-dealkylation sites (N-methyl/N-ethyl adjacent to an activating group) is 1. The largest absolute Gasteiger partial charge is 0.497 e. The van der Waals surface area contributed by atoms with Gasteiger partial charge in [0.25, 0.3) is 0 Å². The first-order chi connectivity index (χ1) is 16.7. The van der Waals surface area contributed by atoms with Gasteiger partial charge in [-0.3, -0.25) is 4.79 Å². The molecule has 0 radical (unpaired) electrons. The average molecular weight is 497 g/mol. The van der Waals surface area contributed by atoms with Crippen molar-refractivity contribution in [2.45, 2.75) is 24.8 Å². The van der Waals surface area contributed by atoms with E-state index >= 15 is 0 Å². The number of hydrogen-bond donors (Lipinski definition) is 0. The van der Waals surface area contributed by atoms with E-state index in [0.29, 0.717) is 24.3 Å². The molecule has 0 aromatic heterocycles. The van der Waals surface area contributed by atoms with Gasteiger partial charge in [0, 0.05) is 20.1 Å². The SMILES string of the molecule is COc1ccc(CN(C)C(=O)CN(CCc2ccccc2)S(=O)(=O)c2ccc(OC)c(C)c2)cc1. The Morgan fingerprint density at radius 1 is 0.886 bits per heavy atom. The van der Waals surface area contributed by atoms with Crippen molar-refractivity contribution >= 4 is 15.9 Å². The van der Waals surface area contributed by atoms with Crippen molar-refractivity contribution in [1.29, 1.82) is 0 Å². The highest BCUT2D eigenvalue weighted by Crippen LogP contribution is 2.24. The van der Waals surface area contributed by atoms with E-state index in [9.17, 15) is 13.2 Å². The fourth-order valence-electron chi connectivity index (χ4n) is 3.71. The first kappa shape index (κ1) is 26.2. The zero-order valence-corrected chi connectivity index (χ0v) is 21.4. The number of aryl methyl sites for hydroxylation is 1. The average Bonchev–Trinajstić information content (AvgIpc) is 2.87. The minimum Gasteiger partial charge on any atom is -0.497 e. The summed E-state index contributed by atoms with van der Waals surface area (Å²) in [6, 6.07) is 21.8. The Balaban J connectivity index is 1.81. The highest BCUT2D eigenvalue weighted by molar-refractivity contribution is 7.89. The van der Waals surface area contributed by atoms with Gasteiger partial charge >= 0.3 is 0 Å². The molecule has 0 aliphatic rings. The summed E-state index contributed by atoms with van der Waals surface area (Å²) in [5, 5.41) is 0. The fraction of sp³-hybridized carbons (Fsp3) is 0.296. The van der Waals surface area contributed by atoms with E-state index in [1.54, 1.807) is 40.3 Å². The molecule has 0 bridgehead atoms. The van der Waals surface area contributed by atoms with Crippen LogP contribution in [0, 0.1) is 6.92 Å². The van der Waals surface area contributed by atoms with Crippen LogP contribution >= 0.6 is 0 Å². The Morgan fingerprint density at radius 2 is 1.57 bits per heavy atom. The van der Waals surface area contributed by atoms with Gasteiger partial charge < -0.3 is 14.4 Å². The van der Waals surface area contributed by atoms with Crippen LogP contribution in [0.2, 0.25) is 0 Å². The van der Waals surface area contributed by atoms with Crippen molar-refractivity contribution in [3.63, 3.8) is 0 Å². The van der Waals surface area contributed by atoms with E-state index in [1.807, 2.05) is 54.6 Å². The normalized spacial score (nSPS) is 11.3. The third kappa shape index (κ3) is 6.83. The lowest BCUT2D eigenvalue weighted by Crippen LogP contribution is -2.42. The van der Waals surface area contributed by atoms with E-state index in [0.717, 1.165) is 16.9 Å². The number of methoxy groups -OCH3 is 2. The third-order valence-electron chi connectivity index (χ3n) is 5.81. The Kier molecular flexibility index (Phi) is 8.89. The number of amides is 1. The van der Waals surface area contributed by atoms with E-state index in [2.05, 4.69) is 0 Å². The molecule has 186 valence electrons.